The maximum Gasteiger partial charge on any atom is 0.119 e. The lowest BCUT2D eigenvalue weighted by atomic mass is 9.61. The number of hydrogen-bond donors (Lipinski definition) is 0. The molecule has 2 aromatic carbocycles. The smallest absolute Gasteiger partial charge is 0.119 e. The van der Waals surface area contributed by atoms with Gasteiger partial charge in [-0.05, 0) is 61.1 Å². The average molecular weight is 421 g/mol. The first kappa shape index (κ1) is 19.6. The van der Waals surface area contributed by atoms with Gasteiger partial charge >= 0.3 is 0 Å². The van der Waals surface area contributed by atoms with E-state index < -0.39 is 0 Å². The Morgan fingerprint density at radius 3 is 1.29 bits per heavy atom. The van der Waals surface area contributed by atoms with E-state index in [9.17, 15) is 0 Å². The Labute approximate surface area is 184 Å². The standard InChI is InChI=1S/C27H32O4/c1-25(2)19-3-7-21(8-4-19)30-17-26(23-15-28-23)11-13-27(14-12-26,24-16-29-24)18-31-22-9-5-20(25)6-10-22/h3-10,23-24H,11-18H2,1-2H3. The zero-order chi connectivity index (χ0) is 21.1. The highest BCUT2D eigenvalue weighted by atomic mass is 16.6. The van der Waals surface area contributed by atoms with Crippen LogP contribution in [-0.2, 0) is 14.9 Å². The third kappa shape index (κ3) is 3.44. The van der Waals surface area contributed by atoms with Crippen LogP contribution in [0.2, 0.25) is 0 Å². The number of ether oxygens (including phenoxy) is 4. The summed E-state index contributed by atoms with van der Waals surface area (Å²) < 4.78 is 24.4. The van der Waals surface area contributed by atoms with Crippen molar-refractivity contribution in [2.24, 2.45) is 10.8 Å². The summed E-state index contributed by atoms with van der Waals surface area (Å²) in [7, 11) is 0. The van der Waals surface area contributed by atoms with E-state index in [0.717, 1.165) is 63.6 Å². The molecule has 4 heteroatoms. The van der Waals surface area contributed by atoms with Gasteiger partial charge in [-0.3, -0.25) is 0 Å². The van der Waals surface area contributed by atoms with Crippen molar-refractivity contribution < 1.29 is 18.9 Å². The highest BCUT2D eigenvalue weighted by molar-refractivity contribution is 5.42. The van der Waals surface area contributed by atoms with Gasteiger partial charge in [-0.25, -0.2) is 0 Å². The Kier molecular flexibility index (Phi) is 4.42. The maximum absolute atomic E-state index is 6.37. The molecule has 0 N–H and O–H groups in total. The van der Waals surface area contributed by atoms with E-state index in [1.807, 2.05) is 0 Å². The summed E-state index contributed by atoms with van der Waals surface area (Å²) in [6, 6.07) is 17.3. The topological polar surface area (TPSA) is 43.5 Å². The Hall–Kier alpha value is -2.04. The molecule has 2 aromatic rings. The minimum absolute atomic E-state index is 0.0871. The van der Waals surface area contributed by atoms with E-state index in [4.69, 9.17) is 18.9 Å². The molecule has 3 fully saturated rings. The summed E-state index contributed by atoms with van der Waals surface area (Å²) in [6.45, 7) is 7.72. The molecule has 164 valence electrons. The monoisotopic (exact) mass is 420 g/mol. The minimum Gasteiger partial charge on any atom is -0.493 e. The van der Waals surface area contributed by atoms with Gasteiger partial charge in [0.05, 0.1) is 38.6 Å². The molecule has 4 nitrogen and oxygen atoms in total. The fourth-order valence-corrected chi connectivity index (χ4v) is 5.72. The number of epoxide rings is 2. The molecule has 6 heterocycles. The van der Waals surface area contributed by atoms with Crippen molar-refractivity contribution in [3.8, 4) is 11.5 Å². The van der Waals surface area contributed by atoms with E-state index in [2.05, 4.69) is 62.4 Å². The van der Waals surface area contributed by atoms with Crippen LogP contribution in [0.5, 0.6) is 11.5 Å². The summed E-state index contributed by atoms with van der Waals surface area (Å²) in [6.07, 6.45) is 5.07. The number of benzene rings is 2. The Bertz CT molecular complexity index is 853. The van der Waals surface area contributed by atoms with Crippen molar-refractivity contribution in [3.63, 3.8) is 0 Å². The summed E-state index contributed by atoms with van der Waals surface area (Å²) in [4.78, 5) is 0. The highest BCUT2D eigenvalue weighted by Crippen LogP contribution is 2.55. The number of fused-ring (bicyclic) bond motifs is 3. The van der Waals surface area contributed by atoms with Crippen LogP contribution in [0.4, 0.5) is 0 Å². The van der Waals surface area contributed by atoms with Gasteiger partial charge in [0, 0.05) is 16.2 Å². The molecule has 6 aliphatic heterocycles. The van der Waals surface area contributed by atoms with Crippen LogP contribution in [0.15, 0.2) is 48.5 Å². The molecular weight excluding hydrogens is 388 g/mol. The fraction of sp³-hybridized carbons (Fsp3) is 0.556. The molecule has 2 atom stereocenters. The summed E-state index contributed by atoms with van der Waals surface area (Å²) in [5, 5.41) is 0. The molecule has 0 radical (unpaired) electrons. The van der Waals surface area contributed by atoms with Crippen LogP contribution in [-0.4, -0.2) is 38.6 Å². The Balaban J connectivity index is 1.36. The normalized spacial score (nSPS) is 35.8. The molecule has 0 amide bonds. The van der Waals surface area contributed by atoms with Gasteiger partial charge in [0.1, 0.15) is 11.5 Å². The lowest BCUT2D eigenvalue weighted by Gasteiger charge is -2.45. The van der Waals surface area contributed by atoms with Gasteiger partial charge in [0.15, 0.2) is 0 Å². The van der Waals surface area contributed by atoms with Gasteiger partial charge in [0.2, 0.25) is 0 Å². The molecular formula is C27H32O4. The van der Waals surface area contributed by atoms with E-state index in [0.29, 0.717) is 12.2 Å². The van der Waals surface area contributed by atoms with Crippen molar-refractivity contribution in [2.75, 3.05) is 26.4 Å². The largest absolute Gasteiger partial charge is 0.493 e. The summed E-state index contributed by atoms with van der Waals surface area (Å²) in [5.74, 6) is 1.90. The van der Waals surface area contributed by atoms with Crippen LogP contribution in [0.25, 0.3) is 0 Å². The van der Waals surface area contributed by atoms with Crippen LogP contribution in [0, 0.1) is 10.8 Å². The maximum atomic E-state index is 6.37. The molecule has 31 heavy (non-hydrogen) atoms. The van der Waals surface area contributed by atoms with Gasteiger partial charge in [-0.2, -0.15) is 0 Å². The Morgan fingerprint density at radius 2 is 0.968 bits per heavy atom. The van der Waals surface area contributed by atoms with Gasteiger partial charge < -0.3 is 18.9 Å². The zero-order valence-corrected chi connectivity index (χ0v) is 18.6. The quantitative estimate of drug-likeness (QED) is 0.632. The Morgan fingerprint density at radius 1 is 0.613 bits per heavy atom. The molecule has 1 aliphatic carbocycles. The van der Waals surface area contributed by atoms with Crippen molar-refractivity contribution >= 4 is 0 Å². The summed E-state index contributed by atoms with van der Waals surface area (Å²) >= 11 is 0. The molecule has 6 bridgehead atoms. The predicted octanol–water partition coefficient (Wildman–Crippen LogP) is 5.13. The highest BCUT2D eigenvalue weighted by Gasteiger charge is 2.57. The van der Waals surface area contributed by atoms with Crippen molar-refractivity contribution in [3.05, 3.63) is 59.7 Å². The molecule has 7 aliphatic rings. The first-order valence-corrected chi connectivity index (χ1v) is 11.7. The lowest BCUT2D eigenvalue weighted by Crippen LogP contribution is -2.46. The van der Waals surface area contributed by atoms with E-state index in [1.165, 1.54) is 11.1 Å². The summed E-state index contributed by atoms with van der Waals surface area (Å²) in [5.41, 5.74) is 2.68. The molecule has 2 unspecified atom stereocenters. The molecule has 2 saturated heterocycles. The second kappa shape index (κ2) is 6.98. The SMILES string of the molecule is CC1(C)c2ccc(cc2)OCC2(C3CO3)CCC(C3CO3)(CC2)COc2ccc1cc2. The third-order valence-electron chi connectivity index (χ3n) is 8.48. The predicted molar refractivity (Wildman–Crippen MR) is 119 cm³/mol. The molecule has 9 rings (SSSR count). The van der Waals surface area contributed by atoms with E-state index in [-0.39, 0.29) is 16.2 Å². The molecule has 0 aromatic heterocycles. The average Bonchev–Trinajstić information content (AvgIpc) is 3.70. The number of rotatable bonds is 2. The second-order valence-corrected chi connectivity index (χ2v) is 10.6. The fourth-order valence-electron chi connectivity index (χ4n) is 5.72. The number of hydrogen-bond acceptors (Lipinski definition) is 4. The van der Waals surface area contributed by atoms with Crippen molar-refractivity contribution in [1.82, 2.24) is 0 Å². The third-order valence-corrected chi connectivity index (χ3v) is 8.48. The zero-order valence-electron chi connectivity index (χ0n) is 18.6. The minimum atomic E-state index is -0.0871. The van der Waals surface area contributed by atoms with Crippen molar-refractivity contribution in [2.45, 2.75) is 57.2 Å². The van der Waals surface area contributed by atoms with Gasteiger partial charge in [-0.15, -0.1) is 0 Å². The van der Waals surface area contributed by atoms with Crippen LogP contribution in [0.3, 0.4) is 0 Å². The molecule has 1 saturated carbocycles. The van der Waals surface area contributed by atoms with Gasteiger partial charge in [0.25, 0.3) is 0 Å². The van der Waals surface area contributed by atoms with Crippen LogP contribution < -0.4 is 9.47 Å². The first-order valence-electron chi connectivity index (χ1n) is 11.7. The molecule has 0 spiro atoms. The van der Waals surface area contributed by atoms with E-state index in [1.54, 1.807) is 0 Å². The second-order valence-electron chi connectivity index (χ2n) is 10.6. The van der Waals surface area contributed by atoms with E-state index >= 15 is 0 Å². The van der Waals surface area contributed by atoms with Crippen molar-refractivity contribution in [1.29, 1.82) is 0 Å². The lowest BCUT2D eigenvalue weighted by molar-refractivity contribution is -0.0186. The first-order chi connectivity index (χ1) is 15.0. The van der Waals surface area contributed by atoms with Crippen LogP contribution in [0.1, 0.15) is 50.7 Å². The van der Waals surface area contributed by atoms with Crippen LogP contribution >= 0.6 is 0 Å². The van der Waals surface area contributed by atoms with Gasteiger partial charge in [-0.1, -0.05) is 38.1 Å².